The Morgan fingerprint density at radius 1 is 1.05 bits per heavy atom. The van der Waals surface area contributed by atoms with E-state index in [1.165, 1.54) is 22.3 Å². The van der Waals surface area contributed by atoms with Gasteiger partial charge in [0.1, 0.15) is 0 Å². The van der Waals surface area contributed by atoms with E-state index < -0.39 is 0 Å². The minimum Gasteiger partial charge on any atom is -0.462 e. The van der Waals surface area contributed by atoms with E-state index in [2.05, 4.69) is 55.5 Å². The van der Waals surface area contributed by atoms with Crippen molar-refractivity contribution < 1.29 is 4.74 Å². The molecule has 0 amide bonds. The van der Waals surface area contributed by atoms with Crippen LogP contribution in [-0.4, -0.2) is 17.0 Å². The molecule has 1 atom stereocenters. The van der Waals surface area contributed by atoms with Crippen LogP contribution in [0.1, 0.15) is 31.4 Å². The van der Waals surface area contributed by atoms with E-state index in [4.69, 9.17) is 10.1 Å². The van der Waals surface area contributed by atoms with Crippen LogP contribution in [0.15, 0.2) is 48.5 Å². The molecule has 3 nitrogen and oxygen atoms in total. The number of nitrogens with one attached hydrogen (secondary N) is 1. The van der Waals surface area contributed by atoms with Gasteiger partial charge in [0.05, 0.1) is 6.10 Å². The van der Waals surface area contributed by atoms with Gasteiger partial charge in [-0.05, 0) is 35.6 Å². The van der Waals surface area contributed by atoms with Gasteiger partial charge in [-0.3, -0.25) is 5.41 Å². The van der Waals surface area contributed by atoms with Crippen LogP contribution in [0, 0.1) is 5.41 Å². The summed E-state index contributed by atoms with van der Waals surface area (Å²) >= 11 is 0. The molecule has 0 radical (unpaired) electrons. The monoisotopic (exact) mass is 294 g/mol. The second kappa shape index (κ2) is 6.22. The molecule has 0 bridgehead atoms. The maximum Gasteiger partial charge on any atom is 0.285 e. The highest BCUT2D eigenvalue weighted by Crippen LogP contribution is 2.32. The maximum absolute atomic E-state index is 8.30. The molecule has 0 fully saturated rings. The summed E-state index contributed by atoms with van der Waals surface area (Å²) < 4.78 is 5.73. The second-order valence-electron chi connectivity index (χ2n) is 5.81. The average Bonchev–Trinajstić information content (AvgIpc) is 2.71. The summed E-state index contributed by atoms with van der Waals surface area (Å²) in [4.78, 5) is 2.01. The maximum atomic E-state index is 8.30. The third kappa shape index (κ3) is 2.84. The summed E-state index contributed by atoms with van der Waals surface area (Å²) in [5, 5.41) is 8.30. The lowest BCUT2D eigenvalue weighted by Gasteiger charge is -2.25. The van der Waals surface area contributed by atoms with Crippen LogP contribution in [-0.2, 0) is 17.8 Å². The number of hydrogen-bond donors (Lipinski definition) is 1. The van der Waals surface area contributed by atoms with Crippen LogP contribution in [0.4, 0.5) is 0 Å². The molecule has 114 valence electrons. The Bertz CT molecular complexity index is 633. The number of nitrogens with zero attached hydrogens (tertiary/aromatic N) is 1. The summed E-state index contributed by atoms with van der Waals surface area (Å²) in [5.41, 5.74) is 5.00. The van der Waals surface area contributed by atoms with E-state index in [0.717, 1.165) is 6.42 Å². The summed E-state index contributed by atoms with van der Waals surface area (Å²) in [6.07, 6.45) is 0.977. The molecule has 1 unspecified atom stereocenters. The lowest BCUT2D eigenvalue weighted by Crippen LogP contribution is -2.32. The van der Waals surface area contributed by atoms with Crippen molar-refractivity contribution in [2.45, 2.75) is 39.5 Å². The molecule has 1 aliphatic heterocycles. The molecular formula is C19H22N2O. The first-order chi connectivity index (χ1) is 10.7. The molecule has 1 heterocycles. The predicted octanol–water partition coefficient (Wildman–Crippen LogP) is 4.42. The molecule has 0 saturated carbocycles. The van der Waals surface area contributed by atoms with Crippen LogP contribution in [0.2, 0.25) is 0 Å². The third-order valence-electron chi connectivity index (χ3n) is 4.22. The quantitative estimate of drug-likeness (QED) is 0.657. The largest absolute Gasteiger partial charge is 0.462 e. The Morgan fingerprint density at radius 2 is 1.55 bits per heavy atom. The van der Waals surface area contributed by atoms with Crippen molar-refractivity contribution in [3.8, 4) is 11.1 Å². The predicted molar refractivity (Wildman–Crippen MR) is 89.7 cm³/mol. The molecule has 0 saturated heterocycles. The van der Waals surface area contributed by atoms with Gasteiger partial charge in [0.25, 0.3) is 6.02 Å². The Kier molecular flexibility index (Phi) is 4.14. The van der Waals surface area contributed by atoms with Crippen molar-refractivity contribution in [3.63, 3.8) is 0 Å². The van der Waals surface area contributed by atoms with E-state index in [1.807, 2.05) is 11.8 Å². The van der Waals surface area contributed by atoms with Gasteiger partial charge in [-0.15, -0.1) is 0 Å². The van der Waals surface area contributed by atoms with Crippen LogP contribution in [0.25, 0.3) is 11.1 Å². The fourth-order valence-electron chi connectivity index (χ4n) is 2.80. The zero-order chi connectivity index (χ0) is 15.5. The first kappa shape index (κ1) is 14.6. The topological polar surface area (TPSA) is 36.3 Å². The Balaban J connectivity index is 1.97. The average molecular weight is 294 g/mol. The lowest BCUT2D eigenvalue weighted by molar-refractivity contribution is 0.152. The van der Waals surface area contributed by atoms with E-state index in [0.29, 0.717) is 13.1 Å². The zero-order valence-corrected chi connectivity index (χ0v) is 13.2. The minimum atomic E-state index is 0.0706. The van der Waals surface area contributed by atoms with Gasteiger partial charge < -0.3 is 9.64 Å². The van der Waals surface area contributed by atoms with Crippen molar-refractivity contribution >= 4 is 6.02 Å². The van der Waals surface area contributed by atoms with Crippen LogP contribution < -0.4 is 0 Å². The fraction of sp³-hybridized carbons (Fsp3) is 0.316. The van der Waals surface area contributed by atoms with E-state index in [-0.39, 0.29) is 12.1 Å². The highest BCUT2D eigenvalue weighted by atomic mass is 16.5. The minimum absolute atomic E-state index is 0.0706. The van der Waals surface area contributed by atoms with E-state index in [9.17, 15) is 0 Å². The van der Waals surface area contributed by atoms with Gasteiger partial charge in [-0.2, -0.15) is 0 Å². The standard InChI is InChI=1S/C19H22N2O/c1-3-14(2)22-19(20)21-12-15-8-4-6-10-17(15)18-11-7-5-9-16(18)13-21/h4-11,14,20H,3,12-13H2,1-2H3. The molecule has 22 heavy (non-hydrogen) atoms. The molecule has 0 spiro atoms. The second-order valence-corrected chi connectivity index (χ2v) is 5.81. The van der Waals surface area contributed by atoms with Gasteiger partial charge in [0, 0.05) is 13.1 Å². The summed E-state index contributed by atoms with van der Waals surface area (Å²) in [5.74, 6) is 0. The van der Waals surface area contributed by atoms with Gasteiger partial charge in [0.15, 0.2) is 0 Å². The number of hydrogen-bond acceptors (Lipinski definition) is 2. The molecule has 0 aromatic heterocycles. The van der Waals surface area contributed by atoms with Crippen molar-refractivity contribution in [1.82, 2.24) is 4.90 Å². The summed E-state index contributed by atoms with van der Waals surface area (Å²) in [6.45, 7) is 5.50. The molecular weight excluding hydrogens is 272 g/mol. The fourth-order valence-corrected chi connectivity index (χ4v) is 2.80. The normalized spacial score (nSPS) is 14.5. The molecule has 2 aromatic rings. The summed E-state index contributed by atoms with van der Waals surface area (Å²) in [7, 11) is 0. The summed E-state index contributed by atoms with van der Waals surface area (Å²) in [6, 6.07) is 17.1. The van der Waals surface area contributed by atoms with E-state index >= 15 is 0 Å². The SMILES string of the molecule is CCC(C)OC(=N)N1Cc2ccccc2-c2ccccc2C1. The Labute approximate surface area is 132 Å². The molecule has 0 aliphatic carbocycles. The molecule has 3 heteroatoms. The van der Waals surface area contributed by atoms with Gasteiger partial charge in [0.2, 0.25) is 0 Å². The number of rotatable bonds is 2. The Morgan fingerprint density at radius 3 is 2.05 bits per heavy atom. The Hall–Kier alpha value is -2.29. The number of amidine groups is 1. The highest BCUT2D eigenvalue weighted by Gasteiger charge is 2.22. The van der Waals surface area contributed by atoms with Crippen LogP contribution >= 0.6 is 0 Å². The van der Waals surface area contributed by atoms with E-state index in [1.54, 1.807) is 0 Å². The molecule has 2 aromatic carbocycles. The van der Waals surface area contributed by atoms with Crippen molar-refractivity contribution in [2.75, 3.05) is 0 Å². The highest BCUT2D eigenvalue weighted by molar-refractivity contribution is 5.76. The van der Waals surface area contributed by atoms with Crippen molar-refractivity contribution in [2.24, 2.45) is 0 Å². The molecule has 3 rings (SSSR count). The molecule has 1 N–H and O–H groups in total. The van der Waals surface area contributed by atoms with Crippen molar-refractivity contribution in [3.05, 3.63) is 59.7 Å². The first-order valence-electron chi connectivity index (χ1n) is 7.85. The number of fused-ring (bicyclic) bond motifs is 3. The van der Waals surface area contributed by atoms with Gasteiger partial charge >= 0.3 is 0 Å². The number of benzene rings is 2. The van der Waals surface area contributed by atoms with Crippen LogP contribution in [0.3, 0.4) is 0 Å². The lowest BCUT2D eigenvalue weighted by atomic mass is 9.97. The smallest absolute Gasteiger partial charge is 0.285 e. The van der Waals surface area contributed by atoms with Gasteiger partial charge in [-0.25, -0.2) is 0 Å². The molecule has 1 aliphatic rings. The van der Waals surface area contributed by atoms with Crippen molar-refractivity contribution in [1.29, 1.82) is 5.41 Å². The van der Waals surface area contributed by atoms with Crippen LogP contribution in [0.5, 0.6) is 0 Å². The zero-order valence-electron chi connectivity index (χ0n) is 13.2. The van der Waals surface area contributed by atoms with Gasteiger partial charge in [-0.1, -0.05) is 55.5 Å². The third-order valence-corrected chi connectivity index (χ3v) is 4.22. The first-order valence-corrected chi connectivity index (χ1v) is 7.85. The number of ether oxygens (including phenoxy) is 1.